The molecule has 2 aliphatic rings. The van der Waals surface area contributed by atoms with Crippen molar-refractivity contribution in [3.8, 4) is 5.75 Å². The van der Waals surface area contributed by atoms with Gasteiger partial charge in [0.2, 0.25) is 0 Å². The number of hydrogen-bond acceptors (Lipinski definition) is 7. The summed E-state index contributed by atoms with van der Waals surface area (Å²) in [4.78, 5) is 21.9. The molecule has 1 atom stereocenters. The molecule has 35 heavy (non-hydrogen) atoms. The number of phenolic OH excluding ortho intramolecular Hbond substituents is 1. The van der Waals surface area contributed by atoms with Crippen LogP contribution >= 0.6 is 0 Å². The molecule has 0 amide bonds. The van der Waals surface area contributed by atoms with Crippen molar-refractivity contribution in [2.75, 3.05) is 0 Å². The molecule has 1 aromatic carbocycles. The van der Waals surface area contributed by atoms with Gasteiger partial charge in [0.05, 0.1) is 5.57 Å². The van der Waals surface area contributed by atoms with Crippen molar-refractivity contribution < 1.29 is 19.7 Å². The quantitative estimate of drug-likeness (QED) is 0.481. The van der Waals surface area contributed by atoms with Crippen LogP contribution in [0.4, 0.5) is 0 Å². The maximum Gasteiger partial charge on any atom is 0.338 e. The summed E-state index contributed by atoms with van der Waals surface area (Å²) in [6, 6.07) is 5.68. The van der Waals surface area contributed by atoms with Crippen molar-refractivity contribution in [3.63, 3.8) is 0 Å². The zero-order chi connectivity index (χ0) is 24.6. The second-order valence-corrected chi connectivity index (χ2v) is 9.94. The number of cyclic esters (lactones) is 1. The molecule has 8 heteroatoms. The number of aliphatic hydroxyl groups excluding tert-OH is 1. The smallest absolute Gasteiger partial charge is 0.338 e. The number of nitrogens with zero attached hydrogens (tertiary/aromatic N) is 4. The Balaban J connectivity index is 1.39. The minimum absolute atomic E-state index is 0.0797. The van der Waals surface area contributed by atoms with E-state index in [-0.39, 0.29) is 23.7 Å². The van der Waals surface area contributed by atoms with Crippen LogP contribution in [0.15, 0.2) is 41.9 Å². The van der Waals surface area contributed by atoms with Gasteiger partial charge in [-0.15, -0.1) is 5.10 Å². The van der Waals surface area contributed by atoms with Crippen LogP contribution in [0.25, 0.3) is 5.78 Å². The van der Waals surface area contributed by atoms with E-state index < -0.39 is 11.6 Å². The molecule has 184 valence electrons. The van der Waals surface area contributed by atoms with E-state index in [2.05, 4.69) is 15.1 Å². The fourth-order valence-electron chi connectivity index (χ4n) is 5.57. The van der Waals surface area contributed by atoms with Crippen molar-refractivity contribution >= 4 is 11.7 Å². The van der Waals surface area contributed by atoms with Gasteiger partial charge in [0.15, 0.2) is 5.82 Å². The van der Waals surface area contributed by atoms with Crippen molar-refractivity contribution in [2.24, 2.45) is 5.92 Å². The number of benzene rings is 1. The first-order valence-electron chi connectivity index (χ1n) is 12.5. The zero-order valence-corrected chi connectivity index (χ0v) is 20.3. The lowest BCUT2D eigenvalue weighted by atomic mass is 9.76. The van der Waals surface area contributed by atoms with Gasteiger partial charge in [-0.1, -0.05) is 31.9 Å². The number of aromatic nitrogens is 4. The minimum Gasteiger partial charge on any atom is -0.512 e. The van der Waals surface area contributed by atoms with Gasteiger partial charge in [-0.25, -0.2) is 14.3 Å². The number of carbonyl (C=O) groups is 1. The molecule has 5 rings (SSSR count). The third kappa shape index (κ3) is 4.61. The largest absolute Gasteiger partial charge is 0.512 e. The van der Waals surface area contributed by atoms with Crippen LogP contribution in [0.5, 0.6) is 5.75 Å². The van der Waals surface area contributed by atoms with E-state index in [1.165, 1.54) is 0 Å². The Morgan fingerprint density at radius 2 is 2.03 bits per heavy atom. The number of fused-ring (bicyclic) bond motifs is 1. The lowest BCUT2D eigenvalue weighted by molar-refractivity contribution is -0.167. The molecule has 1 unspecified atom stereocenters. The van der Waals surface area contributed by atoms with Gasteiger partial charge in [0.1, 0.15) is 17.1 Å². The van der Waals surface area contributed by atoms with Crippen LogP contribution in [0, 0.1) is 12.8 Å². The van der Waals surface area contributed by atoms with E-state index in [0.717, 1.165) is 48.8 Å². The predicted molar refractivity (Wildman–Crippen MR) is 130 cm³/mol. The summed E-state index contributed by atoms with van der Waals surface area (Å²) in [5.41, 5.74) is 2.46. The fraction of sp³-hybridized carbons (Fsp3) is 0.481. The van der Waals surface area contributed by atoms with E-state index in [9.17, 15) is 15.0 Å². The summed E-state index contributed by atoms with van der Waals surface area (Å²) in [5.74, 6) is 1.00. The maximum atomic E-state index is 13.3. The van der Waals surface area contributed by atoms with Crippen LogP contribution in [-0.2, 0) is 28.8 Å². The molecule has 0 bridgehead atoms. The molecule has 1 aliphatic heterocycles. The summed E-state index contributed by atoms with van der Waals surface area (Å²) >= 11 is 0. The molecule has 3 heterocycles. The number of esters is 1. The molecule has 2 aromatic heterocycles. The zero-order valence-electron chi connectivity index (χ0n) is 20.3. The molecule has 0 spiro atoms. The highest BCUT2D eigenvalue weighted by molar-refractivity contribution is 5.90. The number of rotatable bonds is 7. The molecule has 0 radical (unpaired) electrons. The van der Waals surface area contributed by atoms with Crippen molar-refractivity contribution in [3.05, 3.63) is 64.4 Å². The fourth-order valence-corrected chi connectivity index (χ4v) is 5.57. The average molecular weight is 477 g/mol. The Kier molecular flexibility index (Phi) is 6.21. The van der Waals surface area contributed by atoms with E-state index >= 15 is 0 Å². The summed E-state index contributed by atoms with van der Waals surface area (Å²) in [6.07, 6.45) is 10.2. The molecule has 8 nitrogen and oxygen atoms in total. The van der Waals surface area contributed by atoms with Crippen molar-refractivity contribution in [2.45, 2.75) is 77.2 Å². The van der Waals surface area contributed by atoms with Gasteiger partial charge in [0, 0.05) is 25.2 Å². The van der Waals surface area contributed by atoms with Gasteiger partial charge >= 0.3 is 5.97 Å². The molecule has 1 fully saturated rings. The van der Waals surface area contributed by atoms with E-state index in [1.807, 2.05) is 32.2 Å². The molecule has 2 N–H and O–H groups in total. The van der Waals surface area contributed by atoms with Crippen LogP contribution in [0.3, 0.4) is 0 Å². The molecular formula is C27H32N4O4. The number of aliphatic hydroxyl groups is 1. The molecular weight excluding hydrogens is 444 g/mol. The first-order chi connectivity index (χ1) is 16.9. The molecule has 3 aromatic rings. The van der Waals surface area contributed by atoms with Crippen molar-refractivity contribution in [1.29, 1.82) is 0 Å². The van der Waals surface area contributed by atoms with Crippen LogP contribution in [-0.4, -0.2) is 41.4 Å². The van der Waals surface area contributed by atoms with E-state index in [1.54, 1.807) is 16.8 Å². The van der Waals surface area contributed by atoms with Crippen molar-refractivity contribution in [1.82, 2.24) is 19.6 Å². The predicted octanol–water partition coefficient (Wildman–Crippen LogP) is 4.56. The van der Waals surface area contributed by atoms with Crippen LogP contribution in [0.2, 0.25) is 0 Å². The normalized spacial score (nSPS) is 21.1. The second-order valence-electron chi connectivity index (χ2n) is 9.94. The van der Waals surface area contributed by atoms with Gasteiger partial charge in [-0.2, -0.15) is 4.98 Å². The number of carbonyl (C=O) groups excluding carboxylic acids is 1. The monoisotopic (exact) mass is 476 g/mol. The van der Waals surface area contributed by atoms with Gasteiger partial charge in [0.25, 0.3) is 5.78 Å². The Labute approximate surface area is 204 Å². The van der Waals surface area contributed by atoms with E-state index in [0.29, 0.717) is 36.6 Å². The number of ether oxygens (including phenoxy) is 1. The molecule has 0 saturated heterocycles. The van der Waals surface area contributed by atoms with E-state index in [4.69, 9.17) is 4.74 Å². The highest BCUT2D eigenvalue weighted by Crippen LogP contribution is 2.46. The SMILES string of the molecule is CCc1cc(CCC2(C3CCCC3)CC(O)=C(Cc3nc4ncc(C)cn4n3)C(=O)O2)ccc1O. The third-order valence-corrected chi connectivity index (χ3v) is 7.52. The standard InChI is InChI=1S/C27H32N4O4/c1-3-19-12-18(8-9-22(19)32)10-11-27(20-6-4-5-7-20)14-23(33)21(25(34)35-27)13-24-29-26-28-15-17(2)16-31(26)30-24/h8-9,12,15-16,20,32-33H,3-7,10-11,13-14H2,1-2H3. The highest BCUT2D eigenvalue weighted by atomic mass is 16.6. The first kappa shape index (κ1) is 23.3. The lowest BCUT2D eigenvalue weighted by Gasteiger charge is -2.41. The summed E-state index contributed by atoms with van der Waals surface area (Å²) in [6.45, 7) is 3.94. The molecule has 1 saturated carbocycles. The summed E-state index contributed by atoms with van der Waals surface area (Å²) < 4.78 is 7.81. The minimum atomic E-state index is -0.726. The third-order valence-electron chi connectivity index (χ3n) is 7.52. The number of hydrogen-bond donors (Lipinski definition) is 2. The number of aromatic hydroxyl groups is 1. The topological polar surface area (TPSA) is 110 Å². The average Bonchev–Trinajstić information content (AvgIpc) is 3.51. The Bertz CT molecular complexity index is 1290. The Hall–Kier alpha value is -3.42. The van der Waals surface area contributed by atoms with Gasteiger partial charge in [-0.3, -0.25) is 0 Å². The second kappa shape index (κ2) is 9.32. The first-order valence-corrected chi connectivity index (χ1v) is 12.5. The lowest BCUT2D eigenvalue weighted by Crippen LogP contribution is -2.46. The highest BCUT2D eigenvalue weighted by Gasteiger charge is 2.48. The summed E-state index contributed by atoms with van der Waals surface area (Å²) in [7, 11) is 0. The van der Waals surface area contributed by atoms with Gasteiger partial charge in [-0.05, 0) is 67.7 Å². The Morgan fingerprint density at radius 1 is 1.23 bits per heavy atom. The maximum absolute atomic E-state index is 13.3. The van der Waals surface area contributed by atoms with Crippen LogP contribution < -0.4 is 0 Å². The summed E-state index contributed by atoms with van der Waals surface area (Å²) in [5, 5.41) is 25.5. The Morgan fingerprint density at radius 3 is 2.77 bits per heavy atom. The molecule has 1 aliphatic carbocycles. The number of aryl methyl sites for hydroxylation is 3. The van der Waals surface area contributed by atoms with Crippen LogP contribution in [0.1, 0.15) is 68.0 Å². The number of phenols is 1. The van der Waals surface area contributed by atoms with Gasteiger partial charge < -0.3 is 14.9 Å².